The van der Waals surface area contributed by atoms with Gasteiger partial charge in [-0.25, -0.2) is 4.79 Å². The number of hydrogen-bond donors (Lipinski definition) is 0. The topological polar surface area (TPSA) is 46.6 Å². The Morgan fingerprint density at radius 3 is 2.62 bits per heavy atom. The van der Waals surface area contributed by atoms with Gasteiger partial charge in [0.25, 0.3) is 5.91 Å². The maximum atomic E-state index is 12.6. The van der Waals surface area contributed by atoms with Crippen LogP contribution in [0, 0.1) is 0 Å². The van der Waals surface area contributed by atoms with Crippen LogP contribution in [0.25, 0.3) is 0 Å². The van der Waals surface area contributed by atoms with Crippen LogP contribution in [-0.2, 0) is 16.0 Å². The van der Waals surface area contributed by atoms with Crippen molar-refractivity contribution < 1.29 is 14.3 Å². The van der Waals surface area contributed by atoms with Gasteiger partial charge in [0.15, 0.2) is 6.10 Å². The number of ether oxygens (including phenoxy) is 1. The van der Waals surface area contributed by atoms with E-state index in [0.29, 0.717) is 11.6 Å². The third kappa shape index (κ3) is 3.25. The molecule has 0 saturated heterocycles. The molecule has 3 rings (SSSR count). The van der Waals surface area contributed by atoms with E-state index < -0.39 is 12.1 Å². The molecule has 1 aliphatic rings. The van der Waals surface area contributed by atoms with E-state index in [4.69, 9.17) is 27.9 Å². The van der Waals surface area contributed by atoms with Crippen LogP contribution in [-0.4, -0.2) is 24.5 Å². The van der Waals surface area contributed by atoms with Crippen molar-refractivity contribution in [2.45, 2.75) is 19.4 Å². The molecule has 1 amide bonds. The summed E-state index contributed by atoms with van der Waals surface area (Å²) in [5, 5.41) is 0.615. The van der Waals surface area contributed by atoms with Crippen molar-refractivity contribution in [1.82, 2.24) is 0 Å². The third-order valence-corrected chi connectivity index (χ3v) is 4.68. The van der Waals surface area contributed by atoms with E-state index in [0.717, 1.165) is 17.7 Å². The number of rotatable bonds is 3. The van der Waals surface area contributed by atoms with Gasteiger partial charge in [0.05, 0.1) is 15.6 Å². The lowest BCUT2D eigenvalue weighted by Crippen LogP contribution is -2.39. The molecular weight excluding hydrogens is 349 g/mol. The maximum absolute atomic E-state index is 12.6. The monoisotopic (exact) mass is 363 g/mol. The Balaban J connectivity index is 1.70. The SMILES string of the molecule is C[C@@H](OC(=O)c1ccc(Cl)c(Cl)c1)C(=O)N1CCc2ccccc21. The number of carbonyl (C=O) groups is 2. The summed E-state index contributed by atoms with van der Waals surface area (Å²) in [5.41, 5.74) is 2.25. The predicted molar refractivity (Wildman–Crippen MR) is 93.8 cm³/mol. The van der Waals surface area contributed by atoms with Gasteiger partial charge in [-0.05, 0) is 43.2 Å². The first-order chi connectivity index (χ1) is 11.5. The van der Waals surface area contributed by atoms with Crippen LogP contribution in [0.3, 0.4) is 0 Å². The smallest absolute Gasteiger partial charge is 0.338 e. The van der Waals surface area contributed by atoms with Gasteiger partial charge in [-0.1, -0.05) is 41.4 Å². The molecule has 0 N–H and O–H groups in total. The lowest BCUT2D eigenvalue weighted by atomic mass is 10.2. The highest BCUT2D eigenvalue weighted by molar-refractivity contribution is 6.42. The molecule has 1 heterocycles. The summed E-state index contributed by atoms with van der Waals surface area (Å²) in [5.74, 6) is -0.852. The number of halogens is 2. The third-order valence-electron chi connectivity index (χ3n) is 3.94. The van der Waals surface area contributed by atoms with Crippen molar-refractivity contribution >= 4 is 40.8 Å². The molecule has 2 aromatic carbocycles. The van der Waals surface area contributed by atoms with Crippen molar-refractivity contribution in [3.8, 4) is 0 Å². The van der Waals surface area contributed by atoms with Crippen LogP contribution in [0.5, 0.6) is 0 Å². The van der Waals surface area contributed by atoms with Crippen LogP contribution in [0.1, 0.15) is 22.8 Å². The summed E-state index contributed by atoms with van der Waals surface area (Å²) in [6.07, 6.45) is -0.0897. The number of anilines is 1. The van der Waals surface area contributed by atoms with Crippen LogP contribution in [0.4, 0.5) is 5.69 Å². The van der Waals surface area contributed by atoms with Gasteiger partial charge in [0.2, 0.25) is 0 Å². The largest absolute Gasteiger partial charge is 0.449 e. The minimum atomic E-state index is -0.891. The molecule has 0 spiro atoms. The molecule has 124 valence electrons. The highest BCUT2D eigenvalue weighted by Crippen LogP contribution is 2.28. The zero-order valence-electron chi connectivity index (χ0n) is 13.0. The zero-order valence-corrected chi connectivity index (χ0v) is 14.5. The van der Waals surface area contributed by atoms with Crippen LogP contribution in [0.2, 0.25) is 10.0 Å². The van der Waals surface area contributed by atoms with Gasteiger partial charge < -0.3 is 9.64 Å². The molecule has 0 unspecified atom stereocenters. The zero-order chi connectivity index (χ0) is 17.3. The lowest BCUT2D eigenvalue weighted by Gasteiger charge is -2.21. The Hall–Kier alpha value is -2.04. The second-order valence-electron chi connectivity index (χ2n) is 5.55. The Kier molecular flexibility index (Phi) is 4.78. The van der Waals surface area contributed by atoms with Gasteiger partial charge in [-0.15, -0.1) is 0 Å². The summed E-state index contributed by atoms with van der Waals surface area (Å²) < 4.78 is 5.29. The van der Waals surface area contributed by atoms with Crippen LogP contribution >= 0.6 is 23.2 Å². The van der Waals surface area contributed by atoms with E-state index in [-0.39, 0.29) is 16.5 Å². The molecule has 0 saturated carbocycles. The Morgan fingerprint density at radius 1 is 1.12 bits per heavy atom. The molecular formula is C18H15Cl2NO3. The molecule has 0 radical (unpaired) electrons. The van der Waals surface area contributed by atoms with E-state index in [1.807, 2.05) is 24.3 Å². The van der Waals surface area contributed by atoms with Crippen molar-refractivity contribution in [3.63, 3.8) is 0 Å². The number of esters is 1. The molecule has 1 atom stereocenters. The fraction of sp³-hybridized carbons (Fsp3) is 0.222. The van der Waals surface area contributed by atoms with Gasteiger partial charge in [0, 0.05) is 12.2 Å². The molecule has 2 aromatic rings. The summed E-state index contributed by atoms with van der Waals surface area (Å²) in [6, 6.07) is 12.2. The molecule has 0 aliphatic carbocycles. The number of benzene rings is 2. The minimum absolute atomic E-state index is 0.242. The normalized spacial score (nSPS) is 14.2. The first-order valence-corrected chi connectivity index (χ1v) is 8.28. The summed E-state index contributed by atoms with van der Waals surface area (Å²) >= 11 is 11.7. The molecule has 0 bridgehead atoms. The highest BCUT2D eigenvalue weighted by Gasteiger charge is 2.30. The first kappa shape index (κ1) is 16.8. The highest BCUT2D eigenvalue weighted by atomic mass is 35.5. The number of amides is 1. The number of para-hydroxylation sites is 1. The fourth-order valence-electron chi connectivity index (χ4n) is 2.69. The van der Waals surface area contributed by atoms with E-state index in [1.54, 1.807) is 11.8 Å². The minimum Gasteiger partial charge on any atom is -0.449 e. The van der Waals surface area contributed by atoms with Gasteiger partial charge in [-0.3, -0.25) is 4.79 Å². The second-order valence-corrected chi connectivity index (χ2v) is 6.36. The second kappa shape index (κ2) is 6.83. The summed E-state index contributed by atoms with van der Waals surface area (Å²) in [4.78, 5) is 26.4. The van der Waals surface area contributed by atoms with Crippen LogP contribution < -0.4 is 4.90 Å². The quantitative estimate of drug-likeness (QED) is 0.770. The number of nitrogens with zero attached hydrogens (tertiary/aromatic N) is 1. The van der Waals surface area contributed by atoms with E-state index in [2.05, 4.69) is 0 Å². The predicted octanol–water partition coefficient (Wildman–Crippen LogP) is 4.13. The average molecular weight is 364 g/mol. The summed E-state index contributed by atoms with van der Waals surface area (Å²) in [6.45, 7) is 2.16. The van der Waals surface area contributed by atoms with Gasteiger partial charge >= 0.3 is 5.97 Å². The molecule has 1 aliphatic heterocycles. The number of hydrogen-bond acceptors (Lipinski definition) is 3. The molecule has 6 heteroatoms. The lowest BCUT2D eigenvalue weighted by molar-refractivity contribution is -0.126. The van der Waals surface area contributed by atoms with Gasteiger partial charge in [-0.2, -0.15) is 0 Å². The van der Waals surface area contributed by atoms with E-state index >= 15 is 0 Å². The standard InChI is InChI=1S/C18H15Cl2NO3/c1-11(24-18(23)13-6-7-14(19)15(20)10-13)17(22)21-9-8-12-4-2-3-5-16(12)21/h2-7,10-11H,8-9H2,1H3/t11-/m1/s1. The van der Waals surface area contributed by atoms with Crippen molar-refractivity contribution in [3.05, 3.63) is 63.6 Å². The van der Waals surface area contributed by atoms with E-state index in [9.17, 15) is 9.59 Å². The van der Waals surface area contributed by atoms with E-state index in [1.165, 1.54) is 18.2 Å². The Labute approximate surface area is 149 Å². The van der Waals surface area contributed by atoms with Gasteiger partial charge in [0.1, 0.15) is 0 Å². The number of carbonyl (C=O) groups excluding carboxylic acids is 2. The Bertz CT molecular complexity index is 807. The molecule has 4 nitrogen and oxygen atoms in total. The molecule has 24 heavy (non-hydrogen) atoms. The van der Waals surface area contributed by atoms with Crippen molar-refractivity contribution in [2.75, 3.05) is 11.4 Å². The van der Waals surface area contributed by atoms with Crippen molar-refractivity contribution in [2.24, 2.45) is 0 Å². The number of fused-ring (bicyclic) bond motifs is 1. The molecule has 0 fully saturated rings. The fourth-order valence-corrected chi connectivity index (χ4v) is 2.99. The maximum Gasteiger partial charge on any atom is 0.338 e. The first-order valence-electron chi connectivity index (χ1n) is 7.52. The molecule has 0 aromatic heterocycles. The van der Waals surface area contributed by atoms with Crippen LogP contribution in [0.15, 0.2) is 42.5 Å². The average Bonchev–Trinajstić information content (AvgIpc) is 3.00. The van der Waals surface area contributed by atoms with Crippen molar-refractivity contribution in [1.29, 1.82) is 0 Å². The summed E-state index contributed by atoms with van der Waals surface area (Å²) in [7, 11) is 0. The Morgan fingerprint density at radius 2 is 1.88 bits per heavy atom.